The molecule has 0 saturated carbocycles. The molecular weight excluding hydrogens is 328 g/mol. The maximum absolute atomic E-state index is 10.4. The molecule has 3 aromatic carbocycles. The highest BCUT2D eigenvalue weighted by molar-refractivity contribution is 5.78. The highest BCUT2D eigenvalue weighted by atomic mass is 16.3. The zero-order chi connectivity index (χ0) is 19.2. The van der Waals surface area contributed by atoms with E-state index in [1.54, 1.807) is 0 Å². The molecule has 1 heteroatoms. The van der Waals surface area contributed by atoms with Gasteiger partial charge in [0.2, 0.25) is 0 Å². The van der Waals surface area contributed by atoms with Crippen molar-refractivity contribution in [1.82, 2.24) is 0 Å². The lowest BCUT2D eigenvalue weighted by molar-refractivity contribution is 0.332. The van der Waals surface area contributed by atoms with E-state index in [4.69, 9.17) is 0 Å². The first-order chi connectivity index (χ1) is 12.8. The summed E-state index contributed by atoms with van der Waals surface area (Å²) in [5, 5.41) is 10.4. The van der Waals surface area contributed by atoms with Gasteiger partial charge in [0, 0.05) is 5.56 Å². The van der Waals surface area contributed by atoms with Crippen molar-refractivity contribution >= 4 is 0 Å². The lowest BCUT2D eigenvalue weighted by Gasteiger charge is -2.42. The van der Waals surface area contributed by atoms with Gasteiger partial charge in [-0.05, 0) is 63.6 Å². The first kappa shape index (κ1) is 17.9. The number of fused-ring (bicyclic) bond motifs is 1. The largest absolute Gasteiger partial charge is 0.507 e. The van der Waals surface area contributed by atoms with E-state index >= 15 is 0 Å². The molecule has 0 bridgehead atoms. The van der Waals surface area contributed by atoms with Gasteiger partial charge in [-0.15, -0.1) is 0 Å². The Kier molecular flexibility index (Phi) is 4.14. The molecule has 3 aromatic rings. The zero-order valence-electron chi connectivity index (χ0n) is 16.7. The summed E-state index contributed by atoms with van der Waals surface area (Å²) < 4.78 is 0. The van der Waals surface area contributed by atoms with Crippen LogP contribution in [0.15, 0.2) is 66.7 Å². The Morgan fingerprint density at radius 1 is 0.630 bits per heavy atom. The van der Waals surface area contributed by atoms with Gasteiger partial charge in [-0.25, -0.2) is 0 Å². The molecule has 1 aliphatic rings. The maximum atomic E-state index is 10.4. The summed E-state index contributed by atoms with van der Waals surface area (Å²) in [6, 6.07) is 23.0. The Labute approximate surface area is 162 Å². The van der Waals surface area contributed by atoms with Gasteiger partial charge < -0.3 is 5.11 Å². The van der Waals surface area contributed by atoms with E-state index in [1.807, 2.05) is 42.5 Å². The molecule has 0 saturated heterocycles. The minimum Gasteiger partial charge on any atom is -0.507 e. The molecule has 0 spiro atoms. The minimum atomic E-state index is 0.194. The summed E-state index contributed by atoms with van der Waals surface area (Å²) in [7, 11) is 0. The van der Waals surface area contributed by atoms with Crippen LogP contribution in [-0.2, 0) is 10.8 Å². The summed E-state index contributed by atoms with van der Waals surface area (Å²) in [5.74, 6) is 0.323. The summed E-state index contributed by atoms with van der Waals surface area (Å²) in [6.07, 6.45) is 2.44. The van der Waals surface area contributed by atoms with Gasteiger partial charge in [0.25, 0.3) is 0 Å². The molecule has 0 heterocycles. The van der Waals surface area contributed by atoms with Crippen molar-refractivity contribution in [3.05, 3.63) is 77.9 Å². The van der Waals surface area contributed by atoms with Gasteiger partial charge in [0.1, 0.15) is 5.75 Å². The molecule has 0 unspecified atom stereocenters. The number of rotatable bonds is 2. The summed E-state index contributed by atoms with van der Waals surface area (Å²) >= 11 is 0. The van der Waals surface area contributed by atoms with Crippen molar-refractivity contribution in [2.45, 2.75) is 51.4 Å². The highest BCUT2D eigenvalue weighted by Crippen LogP contribution is 2.47. The Morgan fingerprint density at radius 2 is 1.22 bits per heavy atom. The highest BCUT2D eigenvalue weighted by Gasteiger charge is 2.36. The van der Waals surface area contributed by atoms with Crippen molar-refractivity contribution < 1.29 is 5.11 Å². The van der Waals surface area contributed by atoms with Gasteiger partial charge in [-0.2, -0.15) is 0 Å². The van der Waals surface area contributed by atoms with E-state index in [1.165, 1.54) is 29.5 Å². The fourth-order valence-corrected chi connectivity index (χ4v) is 4.33. The third kappa shape index (κ3) is 3.16. The molecule has 0 aliphatic heterocycles. The summed E-state index contributed by atoms with van der Waals surface area (Å²) in [6.45, 7) is 9.43. The zero-order valence-corrected chi connectivity index (χ0v) is 16.7. The van der Waals surface area contributed by atoms with Crippen LogP contribution >= 0.6 is 0 Å². The quantitative estimate of drug-likeness (QED) is 0.520. The third-order valence-electron chi connectivity index (χ3n) is 6.27. The van der Waals surface area contributed by atoms with Gasteiger partial charge >= 0.3 is 0 Å². The van der Waals surface area contributed by atoms with Crippen molar-refractivity contribution in [3.8, 4) is 28.0 Å². The minimum absolute atomic E-state index is 0.194. The number of aromatic hydroxyl groups is 1. The smallest absolute Gasteiger partial charge is 0.123 e. The SMILES string of the molecule is CC1(C)CCC(C)(C)c2cc(-c3ccc(O)c(-c4ccccc4)c3)ccc21. The average Bonchev–Trinajstić information content (AvgIpc) is 2.66. The van der Waals surface area contributed by atoms with Crippen LogP contribution in [0.5, 0.6) is 5.75 Å². The number of phenolic OH excluding ortho intramolecular Hbond substituents is 1. The van der Waals surface area contributed by atoms with Gasteiger partial charge in [-0.3, -0.25) is 0 Å². The molecule has 1 nitrogen and oxygen atoms in total. The van der Waals surface area contributed by atoms with Crippen molar-refractivity contribution in [1.29, 1.82) is 0 Å². The van der Waals surface area contributed by atoms with E-state index in [0.717, 1.165) is 16.7 Å². The lowest BCUT2D eigenvalue weighted by atomic mass is 9.63. The van der Waals surface area contributed by atoms with E-state index < -0.39 is 0 Å². The van der Waals surface area contributed by atoms with E-state index in [-0.39, 0.29) is 10.8 Å². The number of hydrogen-bond acceptors (Lipinski definition) is 1. The summed E-state index contributed by atoms with van der Waals surface area (Å²) in [4.78, 5) is 0. The molecular formula is C26H28O. The van der Waals surface area contributed by atoms with E-state index in [0.29, 0.717) is 5.75 Å². The predicted molar refractivity (Wildman–Crippen MR) is 114 cm³/mol. The van der Waals surface area contributed by atoms with Crippen molar-refractivity contribution in [2.75, 3.05) is 0 Å². The molecule has 1 aliphatic carbocycles. The second-order valence-corrected chi connectivity index (χ2v) is 9.13. The van der Waals surface area contributed by atoms with Crippen LogP contribution in [0, 0.1) is 0 Å². The molecule has 4 rings (SSSR count). The van der Waals surface area contributed by atoms with Crippen LogP contribution in [0.2, 0.25) is 0 Å². The van der Waals surface area contributed by atoms with E-state index in [9.17, 15) is 5.11 Å². The molecule has 138 valence electrons. The Bertz CT molecular complexity index is 980. The van der Waals surface area contributed by atoms with Gasteiger partial charge in [0.05, 0.1) is 0 Å². The summed E-state index contributed by atoms with van der Waals surface area (Å²) in [5.41, 5.74) is 7.65. The first-order valence-electron chi connectivity index (χ1n) is 9.82. The van der Waals surface area contributed by atoms with Gasteiger partial charge in [-0.1, -0.05) is 82.3 Å². The Morgan fingerprint density at radius 3 is 1.93 bits per heavy atom. The molecule has 0 aromatic heterocycles. The number of phenols is 1. The normalized spacial score (nSPS) is 17.3. The fourth-order valence-electron chi connectivity index (χ4n) is 4.33. The molecule has 27 heavy (non-hydrogen) atoms. The Balaban J connectivity index is 1.84. The molecule has 1 N–H and O–H groups in total. The van der Waals surface area contributed by atoms with Crippen LogP contribution < -0.4 is 0 Å². The van der Waals surface area contributed by atoms with Crippen molar-refractivity contribution in [3.63, 3.8) is 0 Å². The maximum Gasteiger partial charge on any atom is 0.123 e. The standard InChI is InChI=1S/C26H28O/c1-25(2)14-15-26(3,4)23-17-20(10-12-22(23)25)19-11-13-24(27)21(16-19)18-8-6-5-7-9-18/h5-13,16-17,27H,14-15H2,1-4H3. The lowest BCUT2D eigenvalue weighted by Crippen LogP contribution is -2.33. The van der Waals surface area contributed by atoms with Crippen LogP contribution in [0.4, 0.5) is 0 Å². The van der Waals surface area contributed by atoms with Gasteiger partial charge in [0.15, 0.2) is 0 Å². The van der Waals surface area contributed by atoms with Crippen LogP contribution in [0.25, 0.3) is 22.3 Å². The number of benzene rings is 3. The second kappa shape index (κ2) is 6.27. The second-order valence-electron chi connectivity index (χ2n) is 9.13. The first-order valence-corrected chi connectivity index (χ1v) is 9.82. The molecule has 0 fully saturated rings. The fraction of sp³-hybridized carbons (Fsp3) is 0.308. The van der Waals surface area contributed by atoms with Crippen LogP contribution in [0.1, 0.15) is 51.7 Å². The van der Waals surface area contributed by atoms with Crippen molar-refractivity contribution in [2.24, 2.45) is 0 Å². The molecule has 0 radical (unpaired) electrons. The number of hydrogen-bond donors (Lipinski definition) is 1. The predicted octanol–water partition coefficient (Wildman–Crippen LogP) is 7.08. The monoisotopic (exact) mass is 356 g/mol. The van der Waals surface area contributed by atoms with Crippen LogP contribution in [0.3, 0.4) is 0 Å². The third-order valence-corrected chi connectivity index (χ3v) is 6.27. The average molecular weight is 357 g/mol. The molecule has 0 atom stereocenters. The molecule has 0 amide bonds. The topological polar surface area (TPSA) is 20.2 Å². The van der Waals surface area contributed by atoms with Crippen LogP contribution in [-0.4, -0.2) is 5.11 Å². The van der Waals surface area contributed by atoms with E-state index in [2.05, 4.69) is 52.0 Å². The Hall–Kier alpha value is -2.54.